The molecule has 0 saturated carbocycles. The topological polar surface area (TPSA) is 80.0 Å². The zero-order valence-corrected chi connectivity index (χ0v) is 19.3. The number of fused-ring (bicyclic) bond motifs is 2. The summed E-state index contributed by atoms with van der Waals surface area (Å²) in [6.07, 6.45) is 2.55. The average Bonchev–Trinajstić information content (AvgIpc) is 3.14. The quantitative estimate of drug-likeness (QED) is 0.498. The molecule has 6 nitrogen and oxygen atoms in total. The van der Waals surface area contributed by atoms with Crippen LogP contribution in [0.25, 0.3) is 0 Å². The maximum absolute atomic E-state index is 13.3. The van der Waals surface area contributed by atoms with Crippen molar-refractivity contribution in [2.45, 2.75) is 37.2 Å². The van der Waals surface area contributed by atoms with Crippen LogP contribution in [0.3, 0.4) is 0 Å². The molecule has 3 aromatic rings. The van der Waals surface area contributed by atoms with Gasteiger partial charge in [0.25, 0.3) is 0 Å². The molecular weight excluding hydrogens is 444 g/mol. The first-order valence-corrected chi connectivity index (χ1v) is 11.8. The highest BCUT2D eigenvalue weighted by atomic mass is 35.5. The van der Waals surface area contributed by atoms with Gasteiger partial charge >= 0.3 is 0 Å². The van der Waals surface area contributed by atoms with Crippen molar-refractivity contribution in [1.29, 1.82) is 0 Å². The van der Waals surface area contributed by atoms with E-state index in [1.807, 2.05) is 36.4 Å². The number of aromatic nitrogens is 3. The van der Waals surface area contributed by atoms with E-state index in [0.717, 1.165) is 11.3 Å². The number of nitrogens with one attached hydrogen (secondary N) is 1. The minimum atomic E-state index is -0.468. The van der Waals surface area contributed by atoms with E-state index in [1.54, 1.807) is 16.8 Å². The molecule has 164 valence electrons. The highest BCUT2D eigenvalue weighted by Gasteiger charge is 2.45. The number of phenols is 1. The predicted molar refractivity (Wildman–Crippen MR) is 126 cm³/mol. The summed E-state index contributed by atoms with van der Waals surface area (Å²) in [5.74, 6) is 1.00. The van der Waals surface area contributed by atoms with Gasteiger partial charge in [0.15, 0.2) is 0 Å². The minimum absolute atomic E-state index is 0.125. The summed E-state index contributed by atoms with van der Waals surface area (Å²) in [5.41, 5.74) is 2.24. The Morgan fingerprint density at radius 3 is 2.75 bits per heavy atom. The van der Waals surface area contributed by atoms with E-state index in [9.17, 15) is 9.90 Å². The van der Waals surface area contributed by atoms with E-state index < -0.39 is 12.0 Å². The Balaban J connectivity index is 1.56. The molecule has 2 atom stereocenters. The molecule has 5 rings (SSSR count). The van der Waals surface area contributed by atoms with E-state index >= 15 is 0 Å². The zero-order valence-electron chi connectivity index (χ0n) is 17.7. The fourth-order valence-electron chi connectivity index (χ4n) is 4.48. The Kier molecular flexibility index (Phi) is 5.26. The molecule has 0 fully saturated rings. The standard InChI is InChI=1S/C24H23ClN4O2S/c1-24(2)11-17-20(19(31)12-24)21(15-8-4-6-10-18(15)30)29-22(26-17)27-23(28-29)32-13-14-7-3-5-9-16(14)25/h3-11,20-21,30H,12-13H2,1-2H3,(H,26,27,28)/t20-,21-/m1/s1. The summed E-state index contributed by atoms with van der Waals surface area (Å²) >= 11 is 7.78. The lowest BCUT2D eigenvalue weighted by molar-refractivity contribution is -0.125. The van der Waals surface area contributed by atoms with Crippen LogP contribution < -0.4 is 5.32 Å². The number of phenolic OH excluding ortho intramolecular Hbond substituents is 1. The number of ketones is 1. The summed E-state index contributed by atoms with van der Waals surface area (Å²) in [6.45, 7) is 4.10. The van der Waals surface area contributed by atoms with Crippen molar-refractivity contribution >= 4 is 35.1 Å². The van der Waals surface area contributed by atoms with Crippen molar-refractivity contribution in [3.63, 3.8) is 0 Å². The molecule has 2 heterocycles. The lowest BCUT2D eigenvalue weighted by Crippen LogP contribution is -2.42. The van der Waals surface area contributed by atoms with E-state index in [2.05, 4.69) is 25.2 Å². The molecule has 0 radical (unpaired) electrons. The van der Waals surface area contributed by atoms with Gasteiger partial charge in [0.05, 0.1) is 12.0 Å². The average molecular weight is 467 g/mol. The van der Waals surface area contributed by atoms with Crippen LogP contribution in [0.2, 0.25) is 5.02 Å². The van der Waals surface area contributed by atoms with Crippen LogP contribution in [0.4, 0.5) is 5.95 Å². The summed E-state index contributed by atoms with van der Waals surface area (Å²) in [4.78, 5) is 18.0. The summed E-state index contributed by atoms with van der Waals surface area (Å²) < 4.78 is 1.74. The van der Waals surface area contributed by atoms with E-state index in [0.29, 0.717) is 33.9 Å². The monoisotopic (exact) mass is 466 g/mol. The highest BCUT2D eigenvalue weighted by molar-refractivity contribution is 7.98. The molecule has 2 aliphatic rings. The molecule has 0 unspecified atom stereocenters. The number of rotatable bonds is 4. The maximum Gasteiger partial charge on any atom is 0.227 e. The number of anilines is 1. The first kappa shape index (κ1) is 21.1. The molecule has 0 saturated heterocycles. The van der Waals surface area contributed by atoms with Gasteiger partial charge in [-0.05, 0) is 23.1 Å². The minimum Gasteiger partial charge on any atom is -0.508 e. The lowest BCUT2D eigenvalue weighted by Gasteiger charge is -2.40. The largest absolute Gasteiger partial charge is 0.508 e. The first-order chi connectivity index (χ1) is 15.3. The Bertz CT molecular complexity index is 1240. The van der Waals surface area contributed by atoms with Crippen LogP contribution in [0.15, 0.2) is 65.5 Å². The number of thioether (sulfide) groups is 1. The van der Waals surface area contributed by atoms with Crippen molar-refractivity contribution in [3.05, 3.63) is 76.5 Å². The number of nitrogens with zero attached hydrogens (tertiary/aromatic N) is 3. The number of hydrogen-bond donors (Lipinski definition) is 2. The highest BCUT2D eigenvalue weighted by Crippen LogP contribution is 2.47. The molecule has 0 bridgehead atoms. The summed E-state index contributed by atoms with van der Waals surface area (Å²) in [6, 6.07) is 14.4. The molecular formula is C24H23ClN4O2S. The van der Waals surface area contributed by atoms with Crippen molar-refractivity contribution in [2.75, 3.05) is 5.32 Å². The van der Waals surface area contributed by atoms with Gasteiger partial charge in [-0.15, -0.1) is 5.10 Å². The van der Waals surface area contributed by atoms with Crippen LogP contribution >= 0.6 is 23.4 Å². The predicted octanol–water partition coefficient (Wildman–Crippen LogP) is 5.44. The SMILES string of the molecule is CC1(C)C=C2Nc3nc(SCc4ccccc4Cl)nn3[C@H](c3ccccc3O)[C@H]2C(=O)C1. The number of carbonyl (C=O) groups is 1. The number of aromatic hydroxyl groups is 1. The second kappa shape index (κ2) is 7.98. The lowest BCUT2D eigenvalue weighted by atomic mass is 9.72. The number of hydrogen-bond acceptors (Lipinski definition) is 6. The smallest absolute Gasteiger partial charge is 0.227 e. The zero-order chi connectivity index (χ0) is 22.5. The molecule has 1 aromatic heterocycles. The van der Waals surface area contributed by atoms with Gasteiger partial charge in [0.2, 0.25) is 11.1 Å². The van der Waals surface area contributed by atoms with Gasteiger partial charge in [-0.25, -0.2) is 4.68 Å². The second-order valence-corrected chi connectivity index (χ2v) is 10.2. The molecule has 8 heteroatoms. The molecule has 2 aromatic carbocycles. The summed E-state index contributed by atoms with van der Waals surface area (Å²) in [5, 5.41) is 20.0. The fraction of sp³-hybridized carbons (Fsp3) is 0.292. The fourth-order valence-corrected chi connectivity index (χ4v) is 5.59. The molecule has 0 spiro atoms. The number of benzene rings is 2. The van der Waals surface area contributed by atoms with Crippen LogP contribution in [-0.2, 0) is 10.5 Å². The normalized spacial score (nSPS) is 21.3. The van der Waals surface area contributed by atoms with Crippen LogP contribution in [0.1, 0.15) is 37.4 Å². The van der Waals surface area contributed by atoms with Crippen molar-refractivity contribution in [1.82, 2.24) is 14.8 Å². The first-order valence-electron chi connectivity index (χ1n) is 10.5. The Morgan fingerprint density at radius 2 is 1.97 bits per heavy atom. The van der Waals surface area contributed by atoms with E-state index in [4.69, 9.17) is 21.7 Å². The van der Waals surface area contributed by atoms with Gasteiger partial charge < -0.3 is 10.4 Å². The Morgan fingerprint density at radius 1 is 1.22 bits per heavy atom. The molecule has 2 N–H and O–H groups in total. The van der Waals surface area contributed by atoms with Gasteiger partial charge in [-0.2, -0.15) is 4.98 Å². The Labute approximate surface area is 195 Å². The van der Waals surface area contributed by atoms with Crippen LogP contribution in [-0.4, -0.2) is 25.7 Å². The maximum atomic E-state index is 13.3. The van der Waals surface area contributed by atoms with Gasteiger partial charge in [0.1, 0.15) is 11.5 Å². The van der Waals surface area contributed by atoms with Crippen molar-refractivity contribution < 1.29 is 9.90 Å². The van der Waals surface area contributed by atoms with E-state index in [-0.39, 0.29) is 16.9 Å². The van der Waals surface area contributed by atoms with Crippen LogP contribution in [0, 0.1) is 11.3 Å². The third-order valence-corrected chi connectivity index (χ3v) is 7.13. The van der Waals surface area contributed by atoms with Gasteiger partial charge in [-0.3, -0.25) is 4.79 Å². The number of carbonyl (C=O) groups excluding carboxylic acids is 1. The number of allylic oxidation sites excluding steroid dienone is 2. The third-order valence-electron chi connectivity index (χ3n) is 5.88. The number of para-hydroxylation sites is 1. The van der Waals surface area contributed by atoms with Gasteiger partial charge in [-0.1, -0.05) is 79.7 Å². The molecule has 1 aliphatic heterocycles. The van der Waals surface area contributed by atoms with Crippen molar-refractivity contribution in [3.8, 4) is 5.75 Å². The number of Topliss-reactive ketones (excluding diaryl/α,β-unsaturated/α-hetero) is 1. The van der Waals surface area contributed by atoms with Gasteiger partial charge in [0, 0.05) is 28.5 Å². The summed E-state index contributed by atoms with van der Waals surface area (Å²) in [7, 11) is 0. The molecule has 32 heavy (non-hydrogen) atoms. The van der Waals surface area contributed by atoms with Crippen LogP contribution in [0.5, 0.6) is 5.75 Å². The second-order valence-electron chi connectivity index (χ2n) is 8.88. The number of halogens is 1. The van der Waals surface area contributed by atoms with E-state index in [1.165, 1.54) is 11.8 Å². The molecule has 0 amide bonds. The third kappa shape index (κ3) is 3.80. The molecule has 1 aliphatic carbocycles. The Hall–Kier alpha value is -2.77. The van der Waals surface area contributed by atoms with Crippen molar-refractivity contribution in [2.24, 2.45) is 11.3 Å².